The van der Waals surface area contributed by atoms with Crippen LogP contribution in [0.15, 0.2) is 24.3 Å². The Labute approximate surface area is 83.9 Å². The number of benzene rings is 1. The number of sulfone groups is 1. The van der Waals surface area contributed by atoms with Crippen molar-refractivity contribution in [2.24, 2.45) is 0 Å². The molecule has 0 amide bonds. The monoisotopic (exact) mass is 211 g/mol. The zero-order valence-corrected chi connectivity index (χ0v) is 8.79. The molecule has 14 heavy (non-hydrogen) atoms. The van der Waals surface area contributed by atoms with Crippen molar-refractivity contribution in [3.05, 3.63) is 29.8 Å². The highest BCUT2D eigenvalue weighted by Gasteiger charge is 2.45. The normalized spacial score (nSPS) is 26.1. The standard InChI is InChI=1S/C10H13NO2S/c1-14(12,13)10-6-9(10)7-2-4-8(11)5-3-7/h2-5,9-10H,6,11H2,1H3/t9-,10-/m0/s1. The zero-order valence-electron chi connectivity index (χ0n) is 7.97. The van der Waals surface area contributed by atoms with Crippen LogP contribution in [0.4, 0.5) is 5.69 Å². The molecule has 0 spiro atoms. The van der Waals surface area contributed by atoms with Crippen LogP contribution in [-0.2, 0) is 9.84 Å². The van der Waals surface area contributed by atoms with Gasteiger partial charge in [-0.1, -0.05) is 12.1 Å². The zero-order chi connectivity index (χ0) is 10.3. The van der Waals surface area contributed by atoms with Crippen LogP contribution in [0.1, 0.15) is 17.9 Å². The fourth-order valence-electron chi connectivity index (χ4n) is 1.74. The molecule has 4 heteroatoms. The van der Waals surface area contributed by atoms with Crippen LogP contribution in [0, 0.1) is 0 Å². The summed E-state index contributed by atoms with van der Waals surface area (Å²) < 4.78 is 22.4. The van der Waals surface area contributed by atoms with Gasteiger partial charge in [-0.15, -0.1) is 0 Å². The Morgan fingerprint density at radius 3 is 2.29 bits per heavy atom. The van der Waals surface area contributed by atoms with Crippen molar-refractivity contribution in [2.45, 2.75) is 17.6 Å². The number of rotatable bonds is 2. The number of nitrogen functional groups attached to an aromatic ring is 1. The molecule has 3 nitrogen and oxygen atoms in total. The van der Waals surface area contributed by atoms with E-state index in [4.69, 9.17) is 5.73 Å². The highest BCUT2D eigenvalue weighted by Crippen LogP contribution is 2.45. The summed E-state index contributed by atoms with van der Waals surface area (Å²) in [5.74, 6) is 0.186. The average molecular weight is 211 g/mol. The summed E-state index contributed by atoms with van der Waals surface area (Å²) in [5, 5.41) is -0.175. The summed E-state index contributed by atoms with van der Waals surface area (Å²) in [6.45, 7) is 0. The van der Waals surface area contributed by atoms with Gasteiger partial charge in [0.2, 0.25) is 0 Å². The Bertz CT molecular complexity index is 436. The molecule has 76 valence electrons. The molecule has 1 aliphatic carbocycles. The van der Waals surface area contributed by atoms with E-state index >= 15 is 0 Å². The molecule has 0 bridgehead atoms. The summed E-state index contributed by atoms with van der Waals surface area (Å²) in [7, 11) is -2.87. The van der Waals surface area contributed by atoms with Crippen LogP contribution < -0.4 is 5.73 Å². The molecule has 0 aliphatic heterocycles. The van der Waals surface area contributed by atoms with Gasteiger partial charge in [0.25, 0.3) is 0 Å². The van der Waals surface area contributed by atoms with Gasteiger partial charge in [0.15, 0.2) is 9.84 Å². The van der Waals surface area contributed by atoms with Crippen LogP contribution >= 0.6 is 0 Å². The van der Waals surface area contributed by atoms with Crippen molar-refractivity contribution >= 4 is 15.5 Å². The SMILES string of the molecule is CS(=O)(=O)[C@H]1C[C@H]1c1ccc(N)cc1. The second kappa shape index (κ2) is 2.98. The van der Waals surface area contributed by atoms with Crippen molar-refractivity contribution in [1.29, 1.82) is 0 Å². The van der Waals surface area contributed by atoms with Crippen LogP contribution in [0.2, 0.25) is 0 Å². The van der Waals surface area contributed by atoms with E-state index in [1.54, 1.807) is 0 Å². The lowest BCUT2D eigenvalue weighted by atomic mass is 10.1. The van der Waals surface area contributed by atoms with Crippen molar-refractivity contribution in [3.63, 3.8) is 0 Å². The van der Waals surface area contributed by atoms with Gasteiger partial charge in [0.05, 0.1) is 5.25 Å². The molecule has 2 N–H and O–H groups in total. The lowest BCUT2D eigenvalue weighted by Crippen LogP contribution is -2.05. The first-order chi connectivity index (χ1) is 6.48. The van der Waals surface area contributed by atoms with Gasteiger partial charge in [0, 0.05) is 17.9 Å². The molecule has 1 aromatic rings. The Hall–Kier alpha value is -1.03. The third-order valence-electron chi connectivity index (χ3n) is 2.65. The molecular weight excluding hydrogens is 198 g/mol. The minimum absolute atomic E-state index is 0.175. The lowest BCUT2D eigenvalue weighted by molar-refractivity contribution is 0.600. The summed E-state index contributed by atoms with van der Waals surface area (Å²) in [4.78, 5) is 0. The Balaban J connectivity index is 2.18. The fourth-order valence-corrected chi connectivity index (χ4v) is 3.05. The Morgan fingerprint density at radius 1 is 1.29 bits per heavy atom. The van der Waals surface area contributed by atoms with Gasteiger partial charge >= 0.3 is 0 Å². The number of nitrogens with two attached hydrogens (primary N) is 1. The van der Waals surface area contributed by atoms with Gasteiger partial charge in [-0.05, 0) is 24.1 Å². The molecule has 1 saturated carbocycles. The number of hydrogen-bond donors (Lipinski definition) is 1. The first kappa shape index (κ1) is 9.52. The van der Waals surface area contributed by atoms with E-state index in [9.17, 15) is 8.42 Å². The van der Waals surface area contributed by atoms with Crippen LogP contribution in [0.3, 0.4) is 0 Å². The Kier molecular flexibility index (Phi) is 2.03. The van der Waals surface area contributed by atoms with Crippen molar-refractivity contribution in [1.82, 2.24) is 0 Å². The highest BCUT2D eigenvalue weighted by molar-refractivity contribution is 7.91. The molecule has 1 aromatic carbocycles. The summed E-state index contributed by atoms with van der Waals surface area (Å²) >= 11 is 0. The van der Waals surface area contributed by atoms with Gasteiger partial charge in [0.1, 0.15) is 0 Å². The van der Waals surface area contributed by atoms with Gasteiger partial charge < -0.3 is 5.73 Å². The second-order valence-electron chi connectivity index (χ2n) is 3.88. The van der Waals surface area contributed by atoms with Crippen molar-refractivity contribution in [2.75, 3.05) is 12.0 Å². The minimum atomic E-state index is -2.87. The first-order valence-electron chi connectivity index (χ1n) is 4.53. The van der Waals surface area contributed by atoms with E-state index in [2.05, 4.69) is 0 Å². The molecular formula is C10H13NO2S. The Morgan fingerprint density at radius 2 is 1.86 bits per heavy atom. The predicted octanol–water partition coefficient (Wildman–Crippen LogP) is 1.17. The molecule has 0 unspecified atom stereocenters. The van der Waals surface area contributed by atoms with E-state index in [1.165, 1.54) is 6.26 Å². The lowest BCUT2D eigenvalue weighted by Gasteiger charge is -1.99. The van der Waals surface area contributed by atoms with Crippen molar-refractivity contribution < 1.29 is 8.42 Å². The van der Waals surface area contributed by atoms with E-state index in [0.29, 0.717) is 5.69 Å². The largest absolute Gasteiger partial charge is 0.399 e. The maximum absolute atomic E-state index is 11.2. The highest BCUT2D eigenvalue weighted by atomic mass is 32.2. The summed E-state index contributed by atoms with van der Waals surface area (Å²) in [6, 6.07) is 7.44. The molecule has 0 radical (unpaired) electrons. The first-order valence-corrected chi connectivity index (χ1v) is 6.48. The molecule has 2 atom stereocenters. The average Bonchev–Trinajstić information content (AvgIpc) is 2.83. The second-order valence-corrected chi connectivity index (χ2v) is 6.14. The van der Waals surface area contributed by atoms with Crippen LogP contribution in [-0.4, -0.2) is 19.9 Å². The summed E-state index contributed by atoms with van der Waals surface area (Å²) in [5.41, 5.74) is 7.34. The maximum Gasteiger partial charge on any atom is 0.150 e. The number of anilines is 1. The van der Waals surface area contributed by atoms with E-state index < -0.39 is 9.84 Å². The van der Waals surface area contributed by atoms with Gasteiger partial charge in [-0.2, -0.15) is 0 Å². The van der Waals surface area contributed by atoms with E-state index in [-0.39, 0.29) is 11.2 Å². The maximum atomic E-state index is 11.2. The third-order valence-corrected chi connectivity index (χ3v) is 4.27. The molecule has 1 fully saturated rings. The smallest absolute Gasteiger partial charge is 0.150 e. The predicted molar refractivity (Wildman–Crippen MR) is 56.8 cm³/mol. The fraction of sp³-hybridized carbons (Fsp3) is 0.400. The topological polar surface area (TPSA) is 60.2 Å². The van der Waals surface area contributed by atoms with Gasteiger partial charge in [-0.3, -0.25) is 0 Å². The molecule has 0 aromatic heterocycles. The minimum Gasteiger partial charge on any atom is -0.399 e. The molecule has 0 saturated heterocycles. The van der Waals surface area contributed by atoms with E-state index in [0.717, 1.165) is 12.0 Å². The van der Waals surface area contributed by atoms with Crippen molar-refractivity contribution in [3.8, 4) is 0 Å². The number of hydrogen-bond acceptors (Lipinski definition) is 3. The third kappa shape index (κ3) is 1.75. The quantitative estimate of drug-likeness (QED) is 0.747. The molecule has 0 heterocycles. The van der Waals surface area contributed by atoms with Crippen LogP contribution in [0.5, 0.6) is 0 Å². The molecule has 2 rings (SSSR count). The van der Waals surface area contributed by atoms with E-state index in [1.807, 2.05) is 24.3 Å². The van der Waals surface area contributed by atoms with Crippen LogP contribution in [0.25, 0.3) is 0 Å². The molecule has 1 aliphatic rings. The van der Waals surface area contributed by atoms with Gasteiger partial charge in [-0.25, -0.2) is 8.42 Å². The summed E-state index contributed by atoms with van der Waals surface area (Å²) in [6.07, 6.45) is 2.05.